The summed E-state index contributed by atoms with van der Waals surface area (Å²) in [5.74, 6) is 3.19. The van der Waals surface area contributed by atoms with Gasteiger partial charge >= 0.3 is 0 Å². The van der Waals surface area contributed by atoms with E-state index in [1.54, 1.807) is 0 Å². The first kappa shape index (κ1) is 16.3. The van der Waals surface area contributed by atoms with E-state index in [-0.39, 0.29) is 12.1 Å². The Kier molecular flexibility index (Phi) is 9.47. The Morgan fingerprint density at radius 3 is 2.56 bits per heavy atom. The zero-order valence-corrected chi connectivity index (χ0v) is 12.2. The van der Waals surface area contributed by atoms with E-state index in [9.17, 15) is 5.11 Å². The molecule has 2 nitrogen and oxygen atoms in total. The third-order valence-electron chi connectivity index (χ3n) is 3.05. The molecule has 0 heterocycles. The van der Waals surface area contributed by atoms with Crippen LogP contribution in [0.1, 0.15) is 47.0 Å². The highest BCUT2D eigenvalue weighted by atomic mass is 32.2. The largest absolute Gasteiger partial charge is 0.394 e. The molecule has 0 amide bonds. The van der Waals surface area contributed by atoms with Crippen LogP contribution in [0.25, 0.3) is 0 Å². The van der Waals surface area contributed by atoms with E-state index in [4.69, 9.17) is 0 Å². The van der Waals surface area contributed by atoms with Crippen molar-refractivity contribution in [2.24, 2.45) is 5.92 Å². The molecule has 0 aromatic carbocycles. The van der Waals surface area contributed by atoms with Crippen LogP contribution in [-0.4, -0.2) is 35.3 Å². The zero-order valence-electron chi connectivity index (χ0n) is 11.4. The van der Waals surface area contributed by atoms with Crippen molar-refractivity contribution in [3.8, 4) is 0 Å². The van der Waals surface area contributed by atoms with E-state index in [1.165, 1.54) is 12.2 Å². The zero-order chi connectivity index (χ0) is 12.4. The molecule has 0 aliphatic heterocycles. The van der Waals surface area contributed by atoms with Gasteiger partial charge in [0.25, 0.3) is 0 Å². The average molecular weight is 247 g/mol. The van der Waals surface area contributed by atoms with E-state index in [0.29, 0.717) is 0 Å². The normalized spacial score (nSPS) is 17.1. The lowest BCUT2D eigenvalue weighted by atomic mass is 10.0. The van der Waals surface area contributed by atoms with Crippen molar-refractivity contribution in [1.29, 1.82) is 0 Å². The van der Waals surface area contributed by atoms with Crippen molar-refractivity contribution >= 4 is 11.8 Å². The maximum absolute atomic E-state index is 9.39. The topological polar surface area (TPSA) is 32.3 Å². The Labute approximate surface area is 106 Å². The second kappa shape index (κ2) is 9.32. The molecule has 2 N–H and O–H groups in total. The fraction of sp³-hybridized carbons (Fsp3) is 1.00. The van der Waals surface area contributed by atoms with Crippen LogP contribution in [0, 0.1) is 5.92 Å². The van der Waals surface area contributed by atoms with Crippen LogP contribution in [0.5, 0.6) is 0 Å². The third-order valence-corrected chi connectivity index (χ3v) is 4.35. The van der Waals surface area contributed by atoms with Crippen LogP contribution in [0.3, 0.4) is 0 Å². The van der Waals surface area contributed by atoms with Crippen molar-refractivity contribution < 1.29 is 5.11 Å². The van der Waals surface area contributed by atoms with Gasteiger partial charge in [-0.3, -0.25) is 0 Å². The van der Waals surface area contributed by atoms with Crippen LogP contribution in [0.4, 0.5) is 0 Å². The van der Waals surface area contributed by atoms with E-state index >= 15 is 0 Å². The van der Waals surface area contributed by atoms with Crippen molar-refractivity contribution in [2.45, 2.75) is 52.5 Å². The van der Waals surface area contributed by atoms with Gasteiger partial charge in [0.15, 0.2) is 0 Å². The minimum atomic E-state index is -0.0849. The summed E-state index contributed by atoms with van der Waals surface area (Å²) in [7, 11) is 0. The number of rotatable bonds is 10. The molecule has 16 heavy (non-hydrogen) atoms. The molecule has 0 radical (unpaired) electrons. The van der Waals surface area contributed by atoms with Crippen molar-refractivity contribution in [1.82, 2.24) is 5.32 Å². The number of hydrogen-bond donors (Lipinski definition) is 2. The second-order valence-corrected chi connectivity index (χ2v) is 6.13. The van der Waals surface area contributed by atoms with E-state index in [2.05, 4.69) is 33.0 Å². The highest BCUT2D eigenvalue weighted by Gasteiger charge is 2.21. The van der Waals surface area contributed by atoms with E-state index in [1.807, 2.05) is 11.8 Å². The van der Waals surface area contributed by atoms with Gasteiger partial charge < -0.3 is 10.4 Å². The van der Waals surface area contributed by atoms with Gasteiger partial charge in [-0.25, -0.2) is 0 Å². The minimum Gasteiger partial charge on any atom is -0.394 e. The molecular formula is C13H29NOS. The Bertz CT molecular complexity index is 166. The van der Waals surface area contributed by atoms with Crippen molar-refractivity contribution in [3.63, 3.8) is 0 Å². The smallest absolute Gasteiger partial charge is 0.0610 e. The van der Waals surface area contributed by atoms with Crippen LogP contribution in [0.15, 0.2) is 0 Å². The average Bonchev–Trinajstić information content (AvgIpc) is 2.31. The van der Waals surface area contributed by atoms with Gasteiger partial charge in [0, 0.05) is 5.54 Å². The standard InChI is InChI=1S/C13H29NOS/c1-5-8-14-13(4,11-15)7-9-16-10-12(3)6-2/h12,14-15H,5-11H2,1-4H3. The Balaban J connectivity index is 3.68. The second-order valence-electron chi connectivity index (χ2n) is 4.98. The lowest BCUT2D eigenvalue weighted by Gasteiger charge is -2.28. The summed E-state index contributed by atoms with van der Waals surface area (Å²) < 4.78 is 0. The van der Waals surface area contributed by atoms with Gasteiger partial charge in [0.05, 0.1) is 6.61 Å². The molecule has 0 aliphatic carbocycles. The predicted octanol–water partition coefficient (Wildman–Crippen LogP) is 2.91. The quantitative estimate of drug-likeness (QED) is 0.582. The summed E-state index contributed by atoms with van der Waals surface area (Å²) in [6, 6.07) is 0. The SMILES string of the molecule is CCCNC(C)(CO)CCSCC(C)CC. The number of nitrogens with one attached hydrogen (secondary N) is 1. The first-order chi connectivity index (χ1) is 7.58. The van der Waals surface area contributed by atoms with Crippen LogP contribution < -0.4 is 5.32 Å². The minimum absolute atomic E-state index is 0.0849. The fourth-order valence-corrected chi connectivity index (χ4v) is 2.75. The molecule has 2 atom stereocenters. The van der Waals surface area contributed by atoms with Gasteiger partial charge in [-0.05, 0) is 43.7 Å². The molecule has 0 saturated heterocycles. The molecule has 98 valence electrons. The number of hydrogen-bond acceptors (Lipinski definition) is 3. The summed E-state index contributed by atoms with van der Waals surface area (Å²) in [6.07, 6.45) is 3.43. The van der Waals surface area contributed by atoms with Gasteiger partial charge in [-0.15, -0.1) is 0 Å². The Hall–Kier alpha value is 0.270. The summed E-state index contributed by atoms with van der Waals surface area (Å²) in [5.41, 5.74) is -0.0849. The first-order valence-corrected chi connectivity index (χ1v) is 7.67. The molecule has 0 bridgehead atoms. The highest BCUT2D eigenvalue weighted by Crippen LogP contribution is 2.17. The highest BCUT2D eigenvalue weighted by molar-refractivity contribution is 7.99. The van der Waals surface area contributed by atoms with Crippen molar-refractivity contribution in [2.75, 3.05) is 24.7 Å². The Morgan fingerprint density at radius 1 is 1.38 bits per heavy atom. The molecule has 3 heteroatoms. The summed E-state index contributed by atoms with van der Waals surface area (Å²) >= 11 is 2.01. The molecule has 0 aromatic heterocycles. The first-order valence-electron chi connectivity index (χ1n) is 6.51. The Morgan fingerprint density at radius 2 is 2.06 bits per heavy atom. The van der Waals surface area contributed by atoms with Gasteiger partial charge in [0.1, 0.15) is 0 Å². The van der Waals surface area contributed by atoms with E-state index < -0.39 is 0 Å². The third kappa shape index (κ3) is 7.53. The monoisotopic (exact) mass is 247 g/mol. The number of aliphatic hydroxyl groups is 1. The summed E-state index contributed by atoms with van der Waals surface area (Å²) in [6.45, 7) is 10.0. The van der Waals surface area contributed by atoms with Crippen LogP contribution >= 0.6 is 11.8 Å². The van der Waals surface area contributed by atoms with Crippen LogP contribution in [-0.2, 0) is 0 Å². The maximum Gasteiger partial charge on any atom is 0.0610 e. The summed E-state index contributed by atoms with van der Waals surface area (Å²) in [4.78, 5) is 0. The van der Waals surface area contributed by atoms with Crippen LogP contribution in [0.2, 0.25) is 0 Å². The molecule has 0 fully saturated rings. The molecule has 2 unspecified atom stereocenters. The summed E-state index contributed by atoms with van der Waals surface area (Å²) in [5, 5.41) is 12.8. The van der Waals surface area contributed by atoms with Gasteiger partial charge in [-0.2, -0.15) is 11.8 Å². The van der Waals surface area contributed by atoms with Gasteiger partial charge in [-0.1, -0.05) is 27.2 Å². The van der Waals surface area contributed by atoms with Crippen molar-refractivity contribution in [3.05, 3.63) is 0 Å². The lowest BCUT2D eigenvalue weighted by Crippen LogP contribution is -2.46. The fourth-order valence-electron chi connectivity index (χ4n) is 1.35. The van der Waals surface area contributed by atoms with E-state index in [0.717, 1.165) is 31.1 Å². The molecule has 0 spiro atoms. The molecule has 0 aliphatic rings. The molecule has 0 saturated carbocycles. The predicted molar refractivity (Wildman–Crippen MR) is 75.2 cm³/mol. The molecule has 0 rings (SSSR count). The molecule has 0 aromatic rings. The molecular weight excluding hydrogens is 218 g/mol. The lowest BCUT2D eigenvalue weighted by molar-refractivity contribution is 0.171. The maximum atomic E-state index is 9.39. The van der Waals surface area contributed by atoms with Gasteiger partial charge in [0.2, 0.25) is 0 Å². The number of thioether (sulfide) groups is 1. The number of aliphatic hydroxyl groups excluding tert-OH is 1.